The number of aromatic nitrogens is 1. The molecule has 1 aromatic heterocycles. The van der Waals surface area contributed by atoms with Gasteiger partial charge in [0.1, 0.15) is 11.0 Å². The van der Waals surface area contributed by atoms with Gasteiger partial charge in [-0.3, -0.25) is 9.59 Å². The summed E-state index contributed by atoms with van der Waals surface area (Å²) < 4.78 is 13.3. The van der Waals surface area contributed by atoms with E-state index in [2.05, 4.69) is 15.6 Å². The van der Waals surface area contributed by atoms with E-state index in [4.69, 9.17) is 11.6 Å². The lowest BCUT2D eigenvalue weighted by atomic mass is 10.1. The van der Waals surface area contributed by atoms with Gasteiger partial charge in [-0.2, -0.15) is 0 Å². The maximum Gasteiger partial charge on any atom is 0.258 e. The second kappa shape index (κ2) is 6.86. The van der Waals surface area contributed by atoms with Gasteiger partial charge in [0.05, 0.1) is 22.3 Å². The molecule has 0 radical (unpaired) electrons. The molecule has 0 saturated carbocycles. The summed E-state index contributed by atoms with van der Waals surface area (Å²) in [5.74, 6) is -1.28. The smallest absolute Gasteiger partial charge is 0.258 e. The monoisotopic (exact) mass is 357 g/mol. The van der Waals surface area contributed by atoms with E-state index in [1.165, 1.54) is 31.3 Å². The zero-order chi connectivity index (χ0) is 18.0. The van der Waals surface area contributed by atoms with Crippen molar-refractivity contribution in [3.05, 3.63) is 70.6 Å². The van der Waals surface area contributed by atoms with Crippen LogP contribution in [0.3, 0.4) is 0 Å². The number of fused-ring (bicyclic) bond motifs is 1. The van der Waals surface area contributed by atoms with E-state index in [1.54, 1.807) is 24.3 Å². The predicted octanol–water partition coefficient (Wildman–Crippen LogP) is 3.64. The van der Waals surface area contributed by atoms with Crippen molar-refractivity contribution in [1.82, 2.24) is 10.3 Å². The molecule has 3 aromatic rings. The number of hydrogen-bond acceptors (Lipinski definition) is 3. The van der Waals surface area contributed by atoms with E-state index in [0.717, 1.165) is 0 Å². The van der Waals surface area contributed by atoms with Crippen molar-refractivity contribution >= 4 is 40.0 Å². The van der Waals surface area contributed by atoms with Crippen LogP contribution in [-0.2, 0) is 0 Å². The average molecular weight is 358 g/mol. The molecule has 2 N–H and O–H groups in total. The highest BCUT2D eigenvalue weighted by Gasteiger charge is 2.17. The summed E-state index contributed by atoms with van der Waals surface area (Å²) in [4.78, 5) is 28.5. The van der Waals surface area contributed by atoms with Gasteiger partial charge in [0, 0.05) is 18.5 Å². The summed E-state index contributed by atoms with van der Waals surface area (Å²) in [7, 11) is 1.50. The summed E-state index contributed by atoms with van der Waals surface area (Å²) in [6.45, 7) is 0. The number of hydrogen-bond donors (Lipinski definition) is 2. The van der Waals surface area contributed by atoms with Gasteiger partial charge in [0.15, 0.2) is 0 Å². The molecule has 0 bridgehead atoms. The van der Waals surface area contributed by atoms with Crippen molar-refractivity contribution < 1.29 is 14.0 Å². The van der Waals surface area contributed by atoms with Crippen LogP contribution in [0.1, 0.15) is 20.7 Å². The number of halogens is 2. The van der Waals surface area contributed by atoms with Crippen LogP contribution < -0.4 is 10.6 Å². The van der Waals surface area contributed by atoms with Gasteiger partial charge >= 0.3 is 0 Å². The highest BCUT2D eigenvalue weighted by molar-refractivity contribution is 6.34. The Kier molecular flexibility index (Phi) is 4.63. The standard InChI is InChI=1S/C18H13ClFN3O2/c1-21-17(24)12-4-2-3-5-14(12)23-18(25)13-8-10-6-7-11(20)9-15(10)22-16(13)19/h2-9H,1H3,(H,21,24)(H,23,25). The van der Waals surface area contributed by atoms with Gasteiger partial charge in [0.25, 0.3) is 11.8 Å². The van der Waals surface area contributed by atoms with Crippen LogP contribution >= 0.6 is 11.6 Å². The van der Waals surface area contributed by atoms with Gasteiger partial charge in [-0.05, 0) is 30.3 Å². The fourth-order valence-corrected chi connectivity index (χ4v) is 2.62. The highest BCUT2D eigenvalue weighted by atomic mass is 35.5. The number of anilines is 1. The molecule has 0 saturated heterocycles. The van der Waals surface area contributed by atoms with E-state index in [1.807, 2.05) is 0 Å². The van der Waals surface area contributed by atoms with E-state index in [9.17, 15) is 14.0 Å². The molecule has 0 aliphatic carbocycles. The molecule has 2 aromatic carbocycles. The topological polar surface area (TPSA) is 71.1 Å². The number of para-hydroxylation sites is 1. The van der Waals surface area contributed by atoms with Gasteiger partial charge in [-0.1, -0.05) is 23.7 Å². The Bertz CT molecular complexity index is 991. The zero-order valence-corrected chi connectivity index (χ0v) is 13.9. The molecule has 0 fully saturated rings. The minimum atomic E-state index is -0.514. The second-order valence-electron chi connectivity index (χ2n) is 5.24. The Labute approximate surface area is 147 Å². The number of carbonyl (C=O) groups excluding carboxylic acids is 2. The van der Waals surface area contributed by atoms with Crippen LogP contribution in [0.15, 0.2) is 48.5 Å². The molecular weight excluding hydrogens is 345 g/mol. The molecule has 0 aliphatic heterocycles. The Morgan fingerprint density at radius 1 is 1.04 bits per heavy atom. The summed E-state index contributed by atoms with van der Waals surface area (Å²) in [5, 5.41) is 5.70. The van der Waals surface area contributed by atoms with Crippen LogP contribution in [0.5, 0.6) is 0 Å². The minimum absolute atomic E-state index is 0.0481. The van der Waals surface area contributed by atoms with Crippen molar-refractivity contribution in [3.63, 3.8) is 0 Å². The van der Waals surface area contributed by atoms with Gasteiger partial charge < -0.3 is 10.6 Å². The predicted molar refractivity (Wildman–Crippen MR) is 94.5 cm³/mol. The number of rotatable bonds is 3. The summed E-state index contributed by atoms with van der Waals surface area (Å²) in [5.41, 5.74) is 1.16. The van der Waals surface area contributed by atoms with Crippen LogP contribution in [0, 0.1) is 5.82 Å². The van der Waals surface area contributed by atoms with Gasteiger partial charge in [-0.15, -0.1) is 0 Å². The quantitative estimate of drug-likeness (QED) is 0.703. The molecule has 1 heterocycles. The molecule has 0 aliphatic rings. The summed E-state index contributed by atoms with van der Waals surface area (Å²) in [6, 6.07) is 12.2. The molecule has 5 nitrogen and oxygen atoms in total. The molecule has 0 spiro atoms. The van der Waals surface area contributed by atoms with Crippen molar-refractivity contribution in [2.75, 3.05) is 12.4 Å². The fourth-order valence-electron chi connectivity index (χ4n) is 2.39. The first-order valence-electron chi connectivity index (χ1n) is 7.38. The molecule has 2 amide bonds. The number of carbonyl (C=O) groups is 2. The van der Waals surface area contributed by atoms with Crippen LogP contribution in [0.4, 0.5) is 10.1 Å². The molecule has 25 heavy (non-hydrogen) atoms. The molecule has 0 unspecified atom stereocenters. The van der Waals surface area contributed by atoms with Crippen LogP contribution in [-0.4, -0.2) is 23.8 Å². The van der Waals surface area contributed by atoms with Crippen LogP contribution in [0.2, 0.25) is 5.15 Å². The number of pyridine rings is 1. The molecular formula is C18H13ClFN3O2. The van der Waals surface area contributed by atoms with Gasteiger partial charge in [-0.25, -0.2) is 9.37 Å². The first-order valence-corrected chi connectivity index (χ1v) is 7.75. The zero-order valence-electron chi connectivity index (χ0n) is 13.1. The SMILES string of the molecule is CNC(=O)c1ccccc1NC(=O)c1cc2ccc(F)cc2nc1Cl. The molecule has 7 heteroatoms. The third-order valence-corrected chi connectivity index (χ3v) is 3.91. The normalized spacial score (nSPS) is 10.5. The van der Waals surface area contributed by atoms with E-state index >= 15 is 0 Å². The number of nitrogens with zero attached hydrogens (tertiary/aromatic N) is 1. The first kappa shape index (κ1) is 16.9. The number of nitrogens with one attached hydrogen (secondary N) is 2. The lowest BCUT2D eigenvalue weighted by molar-refractivity contribution is 0.0964. The number of benzene rings is 2. The minimum Gasteiger partial charge on any atom is -0.355 e. The number of amides is 2. The largest absolute Gasteiger partial charge is 0.355 e. The molecule has 3 rings (SSSR count). The van der Waals surface area contributed by atoms with Crippen molar-refractivity contribution in [3.8, 4) is 0 Å². The lowest BCUT2D eigenvalue weighted by Gasteiger charge is -2.11. The summed E-state index contributed by atoms with van der Waals surface area (Å²) >= 11 is 6.07. The van der Waals surface area contributed by atoms with Crippen molar-refractivity contribution in [2.45, 2.75) is 0 Å². The molecule has 0 atom stereocenters. The van der Waals surface area contributed by atoms with E-state index in [0.29, 0.717) is 22.2 Å². The van der Waals surface area contributed by atoms with E-state index in [-0.39, 0.29) is 16.6 Å². The van der Waals surface area contributed by atoms with Crippen molar-refractivity contribution in [2.24, 2.45) is 0 Å². The Morgan fingerprint density at radius 3 is 2.56 bits per heavy atom. The van der Waals surface area contributed by atoms with Gasteiger partial charge in [0.2, 0.25) is 0 Å². The maximum absolute atomic E-state index is 13.3. The average Bonchev–Trinajstić information content (AvgIpc) is 2.60. The van der Waals surface area contributed by atoms with Crippen LogP contribution in [0.25, 0.3) is 10.9 Å². The first-order chi connectivity index (χ1) is 12.0. The summed E-state index contributed by atoms with van der Waals surface area (Å²) in [6.07, 6.45) is 0. The second-order valence-corrected chi connectivity index (χ2v) is 5.60. The Morgan fingerprint density at radius 2 is 1.80 bits per heavy atom. The molecule has 126 valence electrons. The van der Waals surface area contributed by atoms with E-state index < -0.39 is 11.7 Å². The Hall–Kier alpha value is -2.99. The maximum atomic E-state index is 13.3. The third-order valence-electron chi connectivity index (χ3n) is 3.62. The third kappa shape index (κ3) is 3.44. The van der Waals surface area contributed by atoms with Crippen molar-refractivity contribution in [1.29, 1.82) is 0 Å². The highest BCUT2D eigenvalue weighted by Crippen LogP contribution is 2.23. The Balaban J connectivity index is 1.97. The fraction of sp³-hybridized carbons (Fsp3) is 0.0556. The lowest BCUT2D eigenvalue weighted by Crippen LogP contribution is -2.21.